The van der Waals surface area contributed by atoms with Gasteiger partial charge in [0, 0.05) is 0 Å². The van der Waals surface area contributed by atoms with Crippen molar-refractivity contribution in [2.45, 2.75) is 0 Å². The lowest BCUT2D eigenvalue weighted by atomic mass is 10.2. The molecule has 0 atom stereocenters. The summed E-state index contributed by atoms with van der Waals surface area (Å²) in [5.41, 5.74) is 5.50. The highest BCUT2D eigenvalue weighted by Crippen LogP contribution is 2.27. The van der Waals surface area contributed by atoms with E-state index >= 15 is 0 Å². The minimum Gasteiger partial charge on any atom is -0.507 e. The van der Waals surface area contributed by atoms with Crippen LogP contribution in [0.1, 0.15) is 0 Å². The fraction of sp³-hybridized carbons (Fsp3) is 0. The van der Waals surface area contributed by atoms with E-state index in [9.17, 15) is 9.50 Å². The molecule has 0 spiro atoms. The third-order valence-electron chi connectivity index (χ3n) is 1.92. The van der Waals surface area contributed by atoms with Crippen molar-refractivity contribution in [3.05, 3.63) is 24.0 Å². The van der Waals surface area contributed by atoms with Crippen LogP contribution < -0.4 is 11.6 Å². The highest BCUT2D eigenvalue weighted by Gasteiger charge is 2.13. The van der Waals surface area contributed by atoms with Crippen molar-refractivity contribution in [3.63, 3.8) is 0 Å². The zero-order valence-electron chi connectivity index (χ0n) is 7.55. The predicted molar refractivity (Wildman–Crippen MR) is 51.6 cm³/mol. The number of aromatic hydroxyl groups is 1. The number of benzene rings is 1. The van der Waals surface area contributed by atoms with Crippen LogP contribution in [0, 0.1) is 5.82 Å². The molecule has 7 heteroatoms. The van der Waals surface area contributed by atoms with Gasteiger partial charge in [-0.05, 0) is 18.2 Å². The zero-order valence-corrected chi connectivity index (χ0v) is 7.55. The van der Waals surface area contributed by atoms with E-state index in [1.807, 2.05) is 0 Å². The van der Waals surface area contributed by atoms with Crippen molar-refractivity contribution in [2.75, 3.05) is 11.6 Å². The third kappa shape index (κ3) is 1.43. The van der Waals surface area contributed by atoms with Gasteiger partial charge in [-0.2, -0.15) is 0 Å². The number of anilines is 1. The van der Waals surface area contributed by atoms with E-state index in [1.54, 1.807) is 0 Å². The van der Waals surface area contributed by atoms with E-state index < -0.39 is 5.82 Å². The van der Waals surface area contributed by atoms with Gasteiger partial charge >= 0.3 is 0 Å². The minimum absolute atomic E-state index is 0.0198. The zero-order chi connectivity index (χ0) is 11.0. The van der Waals surface area contributed by atoms with Crippen LogP contribution in [-0.2, 0) is 0 Å². The maximum atomic E-state index is 12.9. The van der Waals surface area contributed by atoms with Crippen molar-refractivity contribution >= 4 is 5.95 Å². The number of aromatic nitrogens is 3. The molecule has 1 aromatic carbocycles. The highest BCUT2D eigenvalue weighted by molar-refractivity contribution is 5.64. The smallest absolute Gasteiger partial charge is 0.241 e. The topological polar surface area (TPSA) is 103 Å². The first-order valence-corrected chi connectivity index (χ1v) is 4.04. The molecule has 5 N–H and O–H groups in total. The van der Waals surface area contributed by atoms with Crippen LogP contribution in [-0.4, -0.2) is 20.0 Å². The number of hydrogen-bond acceptors (Lipinski definition) is 5. The van der Waals surface area contributed by atoms with Gasteiger partial charge in [0.15, 0.2) is 5.82 Å². The van der Waals surface area contributed by atoms with Gasteiger partial charge < -0.3 is 16.7 Å². The van der Waals surface area contributed by atoms with Crippen molar-refractivity contribution in [2.24, 2.45) is 0 Å². The molecule has 0 aliphatic rings. The van der Waals surface area contributed by atoms with Gasteiger partial charge in [-0.25, -0.2) is 9.07 Å². The normalized spacial score (nSPS) is 10.5. The summed E-state index contributed by atoms with van der Waals surface area (Å²) in [7, 11) is 0. The molecule has 0 bridgehead atoms. The Morgan fingerprint density at radius 1 is 1.33 bits per heavy atom. The summed E-state index contributed by atoms with van der Waals surface area (Å²) in [6.45, 7) is 0. The Morgan fingerprint density at radius 3 is 2.67 bits per heavy atom. The molecular formula is C8H8FN5O. The van der Waals surface area contributed by atoms with E-state index in [2.05, 4.69) is 10.2 Å². The summed E-state index contributed by atoms with van der Waals surface area (Å²) in [5.74, 6) is 4.92. The lowest BCUT2D eigenvalue weighted by Crippen LogP contribution is -2.13. The molecule has 0 aliphatic heterocycles. The van der Waals surface area contributed by atoms with Gasteiger partial charge in [-0.1, -0.05) is 0 Å². The van der Waals surface area contributed by atoms with Gasteiger partial charge in [0.2, 0.25) is 5.95 Å². The molecule has 78 valence electrons. The van der Waals surface area contributed by atoms with Crippen molar-refractivity contribution in [1.29, 1.82) is 0 Å². The molecule has 0 saturated heterocycles. The first kappa shape index (κ1) is 9.25. The largest absolute Gasteiger partial charge is 0.507 e. The van der Waals surface area contributed by atoms with Gasteiger partial charge in [0.05, 0.1) is 5.56 Å². The summed E-state index contributed by atoms with van der Waals surface area (Å²) < 4.78 is 13.9. The second-order valence-corrected chi connectivity index (χ2v) is 2.91. The van der Waals surface area contributed by atoms with Crippen LogP contribution in [0.15, 0.2) is 18.2 Å². The van der Waals surface area contributed by atoms with Gasteiger partial charge in [-0.15, -0.1) is 10.2 Å². The van der Waals surface area contributed by atoms with Crippen LogP contribution >= 0.6 is 0 Å². The fourth-order valence-electron chi connectivity index (χ4n) is 1.17. The van der Waals surface area contributed by atoms with E-state index in [0.717, 1.165) is 16.8 Å². The molecule has 15 heavy (non-hydrogen) atoms. The summed E-state index contributed by atoms with van der Waals surface area (Å²) >= 11 is 0. The second kappa shape index (κ2) is 3.12. The number of nitrogens with zero attached hydrogens (tertiary/aromatic N) is 3. The van der Waals surface area contributed by atoms with Crippen LogP contribution in [0.5, 0.6) is 5.75 Å². The first-order chi connectivity index (χ1) is 7.09. The number of rotatable bonds is 1. The van der Waals surface area contributed by atoms with Crippen LogP contribution in [0.25, 0.3) is 11.4 Å². The maximum Gasteiger partial charge on any atom is 0.241 e. The molecular weight excluding hydrogens is 201 g/mol. The Labute approximate surface area is 83.9 Å². The molecule has 0 unspecified atom stereocenters. The molecule has 2 rings (SSSR count). The number of nitrogen functional groups attached to an aromatic ring is 2. The number of phenolic OH excluding ortho intramolecular Hbond substituents is 1. The minimum atomic E-state index is -0.510. The summed E-state index contributed by atoms with van der Waals surface area (Å²) in [4.78, 5) is 0. The van der Waals surface area contributed by atoms with Gasteiger partial charge in [0.25, 0.3) is 0 Å². The third-order valence-corrected chi connectivity index (χ3v) is 1.92. The fourth-order valence-corrected chi connectivity index (χ4v) is 1.17. The Kier molecular flexibility index (Phi) is 1.93. The standard InChI is InChI=1S/C8H8FN5O/c9-4-1-2-6(15)5(3-4)7-12-13-8(10)14(7)11/h1-3,15H,11H2,(H2,10,13). The van der Waals surface area contributed by atoms with Crippen LogP contribution in [0.2, 0.25) is 0 Å². The molecule has 0 amide bonds. The molecule has 0 fully saturated rings. The molecule has 0 aliphatic carbocycles. The molecule has 1 heterocycles. The van der Waals surface area contributed by atoms with E-state index in [4.69, 9.17) is 11.6 Å². The monoisotopic (exact) mass is 209 g/mol. The van der Waals surface area contributed by atoms with Crippen LogP contribution in [0.4, 0.5) is 10.3 Å². The average molecular weight is 209 g/mol. The van der Waals surface area contributed by atoms with Crippen LogP contribution in [0.3, 0.4) is 0 Å². The number of phenols is 1. The number of nitrogens with two attached hydrogens (primary N) is 2. The number of hydrogen-bond donors (Lipinski definition) is 3. The van der Waals surface area contributed by atoms with Gasteiger partial charge in [0.1, 0.15) is 11.6 Å². The molecule has 2 aromatic rings. The lowest BCUT2D eigenvalue weighted by Gasteiger charge is -2.03. The molecule has 0 radical (unpaired) electrons. The van der Waals surface area contributed by atoms with Gasteiger partial charge in [-0.3, -0.25) is 0 Å². The van der Waals surface area contributed by atoms with E-state index in [-0.39, 0.29) is 23.1 Å². The van der Waals surface area contributed by atoms with E-state index in [0.29, 0.717) is 0 Å². The van der Waals surface area contributed by atoms with E-state index in [1.165, 1.54) is 6.07 Å². The summed E-state index contributed by atoms with van der Waals surface area (Å²) in [6, 6.07) is 3.43. The van der Waals surface area contributed by atoms with Crippen molar-refractivity contribution in [3.8, 4) is 17.1 Å². The Bertz CT molecular complexity index is 510. The highest BCUT2D eigenvalue weighted by atomic mass is 19.1. The molecule has 6 nitrogen and oxygen atoms in total. The summed E-state index contributed by atoms with van der Waals surface area (Å²) in [5, 5.41) is 16.6. The molecule has 1 aromatic heterocycles. The average Bonchev–Trinajstić information content (AvgIpc) is 2.52. The second-order valence-electron chi connectivity index (χ2n) is 2.91. The molecule has 0 saturated carbocycles. The lowest BCUT2D eigenvalue weighted by molar-refractivity contribution is 0.474. The summed E-state index contributed by atoms with van der Waals surface area (Å²) in [6.07, 6.45) is 0. The Morgan fingerprint density at radius 2 is 2.07 bits per heavy atom. The predicted octanol–water partition coefficient (Wildman–Crippen LogP) is 0.0858. The Balaban J connectivity index is 2.63. The van der Waals surface area contributed by atoms with Crippen molar-refractivity contribution < 1.29 is 9.50 Å². The quantitative estimate of drug-likeness (QED) is 0.577. The maximum absolute atomic E-state index is 12.9. The first-order valence-electron chi connectivity index (χ1n) is 4.04. The Hall–Kier alpha value is -2.31. The SMILES string of the molecule is Nc1nnc(-c2cc(F)ccc2O)n1N. The number of halogens is 1. The van der Waals surface area contributed by atoms with Crippen molar-refractivity contribution in [1.82, 2.24) is 14.9 Å².